The lowest BCUT2D eigenvalue weighted by molar-refractivity contribution is -0.241. The third kappa shape index (κ3) is 7.76. The number of hydrogen-bond acceptors (Lipinski definition) is 9. The molecule has 4 aliphatic rings. The van der Waals surface area contributed by atoms with Crippen molar-refractivity contribution < 1.29 is 49.0 Å². The number of esters is 2. The zero-order valence-electron chi connectivity index (χ0n) is 32.7. The van der Waals surface area contributed by atoms with Crippen molar-refractivity contribution in [2.75, 3.05) is 6.61 Å². The minimum absolute atomic E-state index is 0.000903. The van der Waals surface area contributed by atoms with Crippen molar-refractivity contribution in [2.24, 2.45) is 45.8 Å². The SMILES string of the molecule is C/C=C(\C)[C@@H](O)C(=O)O[C@@H]1C[C@H](C(C)(C)O)[C@](C)(CCC(=O)O)[C@H]2[C@H](OC(=O)[C@H](O)C(C)C)C[C@]3(C)C(=CC[C@H]3[C@H]3CO[C@H](C=C(C)C)C3)[C@@]21C. The lowest BCUT2D eigenvalue weighted by Crippen LogP contribution is -2.68. The number of aliphatic carboxylic acids is 1. The standard InChI is InChI=1S/C41H64O10/c1-12-24(6)34(45)37(47)51-31-19-30(38(7,8)48)39(9,16-15-32(42)43)35-28(50-36(46)33(44)23(4)5)20-40(10)27(13-14-29(40)41(31,35)11)25-18-26(49-21-25)17-22(2)3/h12,14,17,23,25-28,30-31,33-35,44-45,48H,13,15-16,18-21H2,1-11H3,(H,42,43)/b24-12+/t25-,26-,27+,28-,30-,31-,33-,34-,35-,39+,40+,41-/m1/s1. The maximum atomic E-state index is 13.7. The van der Waals surface area contributed by atoms with Crippen molar-refractivity contribution in [2.45, 2.75) is 151 Å². The lowest BCUT2D eigenvalue weighted by Gasteiger charge is -2.67. The topological polar surface area (TPSA) is 160 Å². The molecule has 0 unspecified atom stereocenters. The van der Waals surface area contributed by atoms with Crippen molar-refractivity contribution in [3.05, 3.63) is 34.9 Å². The zero-order chi connectivity index (χ0) is 38.4. The van der Waals surface area contributed by atoms with Gasteiger partial charge in [0.05, 0.1) is 18.3 Å². The number of fused-ring (bicyclic) bond motifs is 3. The van der Waals surface area contributed by atoms with Gasteiger partial charge in [0.25, 0.3) is 0 Å². The summed E-state index contributed by atoms with van der Waals surface area (Å²) in [6, 6.07) is 0. The molecular formula is C41H64O10. The summed E-state index contributed by atoms with van der Waals surface area (Å²) in [4.78, 5) is 39.7. The van der Waals surface area contributed by atoms with E-state index in [9.17, 15) is 34.8 Å². The molecule has 288 valence electrons. The number of rotatable bonds is 12. The summed E-state index contributed by atoms with van der Waals surface area (Å²) in [7, 11) is 0. The Bertz CT molecular complexity index is 1420. The van der Waals surface area contributed by atoms with Crippen LogP contribution >= 0.6 is 0 Å². The summed E-state index contributed by atoms with van der Waals surface area (Å²) in [5.74, 6) is -3.84. The molecule has 1 saturated heterocycles. The van der Waals surface area contributed by atoms with E-state index >= 15 is 0 Å². The smallest absolute Gasteiger partial charge is 0.339 e. The summed E-state index contributed by atoms with van der Waals surface area (Å²) in [5.41, 5.74) is -1.11. The van der Waals surface area contributed by atoms with Gasteiger partial charge in [0, 0.05) is 17.8 Å². The van der Waals surface area contributed by atoms with Crippen LogP contribution in [0.15, 0.2) is 34.9 Å². The summed E-state index contributed by atoms with van der Waals surface area (Å²) in [5, 5.41) is 43.7. The van der Waals surface area contributed by atoms with Crippen LogP contribution < -0.4 is 0 Å². The second-order valence-electron chi connectivity index (χ2n) is 17.8. The van der Waals surface area contributed by atoms with Crippen molar-refractivity contribution >= 4 is 17.9 Å². The number of carbonyl (C=O) groups is 3. The molecule has 10 heteroatoms. The maximum absolute atomic E-state index is 13.7. The summed E-state index contributed by atoms with van der Waals surface area (Å²) in [6.07, 6.45) is 3.70. The van der Waals surface area contributed by atoms with E-state index in [1.54, 1.807) is 47.6 Å². The highest BCUT2D eigenvalue weighted by atomic mass is 16.6. The highest BCUT2D eigenvalue weighted by molar-refractivity contribution is 5.78. The average Bonchev–Trinajstić information content (AvgIpc) is 3.62. The molecule has 12 atom stereocenters. The van der Waals surface area contributed by atoms with Gasteiger partial charge in [-0.3, -0.25) is 4.79 Å². The quantitative estimate of drug-likeness (QED) is 0.136. The number of carbonyl (C=O) groups excluding carboxylic acids is 2. The monoisotopic (exact) mass is 716 g/mol. The molecule has 3 fully saturated rings. The predicted molar refractivity (Wildman–Crippen MR) is 193 cm³/mol. The molecule has 0 bridgehead atoms. The first-order chi connectivity index (χ1) is 23.5. The molecule has 0 aromatic heterocycles. The number of aliphatic hydroxyl groups is 3. The largest absolute Gasteiger partial charge is 0.481 e. The highest BCUT2D eigenvalue weighted by Gasteiger charge is 2.71. The minimum Gasteiger partial charge on any atom is -0.481 e. The Balaban J connectivity index is 1.95. The van der Waals surface area contributed by atoms with Gasteiger partial charge in [-0.2, -0.15) is 0 Å². The van der Waals surface area contributed by atoms with E-state index in [-0.39, 0.29) is 37.2 Å². The Hall–Kier alpha value is -2.53. The minimum atomic E-state index is -1.49. The first kappa shape index (κ1) is 41.2. The summed E-state index contributed by atoms with van der Waals surface area (Å²) >= 11 is 0. The first-order valence-electron chi connectivity index (χ1n) is 18.8. The van der Waals surface area contributed by atoms with Crippen LogP contribution in [0.5, 0.6) is 0 Å². The fourth-order valence-electron chi connectivity index (χ4n) is 10.8. The predicted octanol–water partition coefficient (Wildman–Crippen LogP) is 6.17. The molecule has 1 heterocycles. The van der Waals surface area contributed by atoms with E-state index in [0.29, 0.717) is 18.6 Å². The Morgan fingerprint density at radius 2 is 1.71 bits per heavy atom. The van der Waals surface area contributed by atoms with Gasteiger partial charge in [-0.1, -0.05) is 64.0 Å². The van der Waals surface area contributed by atoms with Gasteiger partial charge < -0.3 is 34.6 Å². The lowest BCUT2D eigenvalue weighted by atomic mass is 9.39. The van der Waals surface area contributed by atoms with Gasteiger partial charge in [-0.25, -0.2) is 9.59 Å². The van der Waals surface area contributed by atoms with Gasteiger partial charge in [0.2, 0.25) is 0 Å². The zero-order valence-corrected chi connectivity index (χ0v) is 32.7. The molecule has 0 radical (unpaired) electrons. The van der Waals surface area contributed by atoms with Gasteiger partial charge in [0.1, 0.15) is 12.2 Å². The van der Waals surface area contributed by atoms with Crippen molar-refractivity contribution in [1.82, 2.24) is 0 Å². The van der Waals surface area contributed by atoms with Crippen molar-refractivity contribution in [3.63, 3.8) is 0 Å². The molecule has 0 aromatic carbocycles. The molecule has 2 saturated carbocycles. The Kier molecular flexibility index (Phi) is 12.2. The fraction of sp³-hybridized carbons (Fsp3) is 0.780. The maximum Gasteiger partial charge on any atom is 0.339 e. The van der Waals surface area contributed by atoms with Crippen LogP contribution in [0.1, 0.15) is 115 Å². The number of carboxylic acids is 1. The van der Waals surface area contributed by atoms with Gasteiger partial charge in [-0.15, -0.1) is 0 Å². The molecule has 3 aliphatic carbocycles. The third-order valence-corrected chi connectivity index (χ3v) is 13.2. The van der Waals surface area contributed by atoms with Crippen LogP contribution in [0.3, 0.4) is 0 Å². The van der Waals surface area contributed by atoms with E-state index < -0.39 is 81.9 Å². The second kappa shape index (κ2) is 15.1. The molecule has 4 N–H and O–H groups in total. The molecule has 0 spiro atoms. The highest BCUT2D eigenvalue weighted by Crippen LogP contribution is 2.72. The molecular weight excluding hydrogens is 652 g/mol. The number of ether oxygens (including phenoxy) is 3. The molecule has 0 aromatic rings. The molecule has 0 amide bonds. The van der Waals surface area contributed by atoms with E-state index in [0.717, 1.165) is 18.4 Å². The van der Waals surface area contributed by atoms with Crippen LogP contribution in [0.4, 0.5) is 0 Å². The number of aliphatic hydroxyl groups excluding tert-OH is 2. The normalized spacial score (nSPS) is 37.9. The van der Waals surface area contributed by atoms with Crippen LogP contribution in [0.25, 0.3) is 0 Å². The van der Waals surface area contributed by atoms with Gasteiger partial charge in [0.15, 0.2) is 12.2 Å². The van der Waals surface area contributed by atoms with E-state index in [1.807, 2.05) is 13.8 Å². The van der Waals surface area contributed by atoms with E-state index in [1.165, 1.54) is 5.57 Å². The Morgan fingerprint density at radius 3 is 2.25 bits per heavy atom. The van der Waals surface area contributed by atoms with Crippen molar-refractivity contribution in [3.8, 4) is 0 Å². The number of carboxylic acid groups (broad SMARTS) is 1. The molecule has 51 heavy (non-hydrogen) atoms. The number of allylic oxidation sites excluding steroid dienone is 3. The molecule has 10 nitrogen and oxygen atoms in total. The first-order valence-corrected chi connectivity index (χ1v) is 18.8. The molecule has 4 rings (SSSR count). The van der Waals surface area contributed by atoms with Crippen LogP contribution in [0.2, 0.25) is 0 Å². The third-order valence-electron chi connectivity index (χ3n) is 13.2. The Labute approximate surface area is 304 Å². The fourth-order valence-corrected chi connectivity index (χ4v) is 10.8. The average molecular weight is 717 g/mol. The Morgan fingerprint density at radius 1 is 1.06 bits per heavy atom. The van der Waals surface area contributed by atoms with Crippen LogP contribution in [-0.2, 0) is 28.6 Å². The second-order valence-corrected chi connectivity index (χ2v) is 17.8. The van der Waals surface area contributed by atoms with Gasteiger partial charge >= 0.3 is 17.9 Å². The van der Waals surface area contributed by atoms with Gasteiger partial charge in [-0.05, 0) is 114 Å². The van der Waals surface area contributed by atoms with Crippen LogP contribution in [-0.4, -0.2) is 81.1 Å². The number of hydrogen-bond donors (Lipinski definition) is 4. The summed E-state index contributed by atoms with van der Waals surface area (Å²) in [6.45, 7) is 21.1. The van der Waals surface area contributed by atoms with E-state index in [2.05, 4.69) is 32.9 Å². The van der Waals surface area contributed by atoms with E-state index in [4.69, 9.17) is 14.2 Å². The van der Waals surface area contributed by atoms with Crippen LogP contribution in [0, 0.1) is 45.8 Å². The molecule has 1 aliphatic heterocycles. The summed E-state index contributed by atoms with van der Waals surface area (Å²) < 4.78 is 19.1. The van der Waals surface area contributed by atoms with Crippen molar-refractivity contribution in [1.29, 1.82) is 0 Å².